The van der Waals surface area contributed by atoms with E-state index in [0.29, 0.717) is 12.5 Å². The van der Waals surface area contributed by atoms with Gasteiger partial charge in [0.15, 0.2) is 0 Å². The van der Waals surface area contributed by atoms with Crippen LogP contribution < -0.4 is 5.32 Å². The number of aromatic nitrogens is 2. The summed E-state index contributed by atoms with van der Waals surface area (Å²) in [5.74, 6) is 1.32. The molecule has 0 saturated carbocycles. The lowest BCUT2D eigenvalue weighted by Gasteiger charge is -2.18. The van der Waals surface area contributed by atoms with Crippen LogP contribution in [0, 0.1) is 5.92 Å². The number of thioether (sulfide) groups is 1. The van der Waals surface area contributed by atoms with Gasteiger partial charge in [0.1, 0.15) is 22.2 Å². The molecule has 2 heterocycles. The number of thiophene rings is 1. The van der Waals surface area contributed by atoms with E-state index in [9.17, 15) is 9.59 Å². The molecule has 0 aromatic carbocycles. The van der Waals surface area contributed by atoms with Crippen LogP contribution in [0.15, 0.2) is 5.03 Å². The van der Waals surface area contributed by atoms with Gasteiger partial charge in [0.25, 0.3) is 0 Å². The molecule has 1 N–H and O–H groups in total. The van der Waals surface area contributed by atoms with Crippen LogP contribution in [0.1, 0.15) is 56.3 Å². The van der Waals surface area contributed by atoms with Crippen LogP contribution >= 0.6 is 23.1 Å². The summed E-state index contributed by atoms with van der Waals surface area (Å²) in [6.07, 6.45) is 3.32. The minimum atomic E-state index is -0.423. The van der Waals surface area contributed by atoms with Crippen LogP contribution in [-0.4, -0.2) is 40.7 Å². The molecule has 0 radical (unpaired) electrons. The maximum absolute atomic E-state index is 12.2. The first-order valence-electron chi connectivity index (χ1n) is 9.76. The van der Waals surface area contributed by atoms with Crippen molar-refractivity contribution in [3.8, 4) is 0 Å². The second-order valence-corrected chi connectivity index (χ2v) is 9.49. The molecule has 152 valence electrons. The lowest BCUT2D eigenvalue weighted by Crippen LogP contribution is -2.31. The number of fused-ring (bicyclic) bond motifs is 3. The van der Waals surface area contributed by atoms with Crippen LogP contribution in [0.3, 0.4) is 0 Å². The highest BCUT2D eigenvalue weighted by Crippen LogP contribution is 2.41. The molecule has 0 saturated heterocycles. The van der Waals surface area contributed by atoms with Crippen molar-refractivity contribution in [3.05, 3.63) is 16.3 Å². The average molecular weight is 422 g/mol. The SMILES string of the molecule is CCOC(=O)CNC(=O)CSc1nc(C(C)C)nc2sc3c(c12)CC[C@H](C)C3. The van der Waals surface area contributed by atoms with Crippen molar-refractivity contribution in [2.75, 3.05) is 18.9 Å². The third-order valence-electron chi connectivity index (χ3n) is 4.73. The number of nitrogens with one attached hydrogen (secondary N) is 1. The standard InChI is InChI=1S/C20H27N3O3S2/c1-5-26-16(25)9-21-15(24)10-27-19-17-13-7-6-12(4)8-14(13)28-20(17)23-18(22-19)11(2)3/h11-12H,5-10H2,1-4H3,(H,21,24)/t12-/m0/s1. The number of rotatable bonds is 7. The Morgan fingerprint density at radius 3 is 2.86 bits per heavy atom. The molecule has 2 aromatic rings. The zero-order chi connectivity index (χ0) is 20.3. The Hall–Kier alpha value is -1.67. The van der Waals surface area contributed by atoms with Crippen molar-refractivity contribution in [2.45, 2.75) is 57.9 Å². The van der Waals surface area contributed by atoms with Gasteiger partial charge in [-0.3, -0.25) is 9.59 Å². The van der Waals surface area contributed by atoms with E-state index >= 15 is 0 Å². The summed E-state index contributed by atoms with van der Waals surface area (Å²) in [7, 11) is 0. The molecule has 28 heavy (non-hydrogen) atoms. The zero-order valence-electron chi connectivity index (χ0n) is 16.8. The Morgan fingerprint density at radius 2 is 2.14 bits per heavy atom. The van der Waals surface area contributed by atoms with E-state index in [-0.39, 0.29) is 24.1 Å². The fraction of sp³-hybridized carbons (Fsp3) is 0.600. The van der Waals surface area contributed by atoms with Crippen molar-refractivity contribution < 1.29 is 14.3 Å². The van der Waals surface area contributed by atoms with Gasteiger partial charge in [0, 0.05) is 16.2 Å². The molecule has 2 aromatic heterocycles. The number of hydrogen-bond acceptors (Lipinski definition) is 7. The molecule has 1 aliphatic carbocycles. The van der Waals surface area contributed by atoms with E-state index in [1.165, 1.54) is 28.6 Å². The molecule has 3 rings (SSSR count). The summed E-state index contributed by atoms with van der Waals surface area (Å²) < 4.78 is 4.84. The summed E-state index contributed by atoms with van der Waals surface area (Å²) in [5.41, 5.74) is 1.36. The van der Waals surface area contributed by atoms with Gasteiger partial charge in [0.2, 0.25) is 5.91 Å². The van der Waals surface area contributed by atoms with E-state index in [2.05, 4.69) is 26.1 Å². The van der Waals surface area contributed by atoms with E-state index in [4.69, 9.17) is 14.7 Å². The van der Waals surface area contributed by atoms with Crippen molar-refractivity contribution in [2.24, 2.45) is 5.92 Å². The molecule has 1 atom stereocenters. The largest absolute Gasteiger partial charge is 0.465 e. The first-order valence-corrected chi connectivity index (χ1v) is 11.6. The van der Waals surface area contributed by atoms with E-state index in [1.807, 2.05) is 0 Å². The van der Waals surface area contributed by atoms with Crippen molar-refractivity contribution in [1.82, 2.24) is 15.3 Å². The van der Waals surface area contributed by atoms with Crippen LogP contribution in [0.5, 0.6) is 0 Å². The topological polar surface area (TPSA) is 81.2 Å². The fourth-order valence-electron chi connectivity index (χ4n) is 3.26. The highest BCUT2D eigenvalue weighted by atomic mass is 32.2. The minimum Gasteiger partial charge on any atom is -0.465 e. The van der Waals surface area contributed by atoms with Crippen molar-refractivity contribution in [1.29, 1.82) is 0 Å². The van der Waals surface area contributed by atoms with E-state index in [1.54, 1.807) is 18.3 Å². The second kappa shape index (κ2) is 9.22. The molecule has 0 aliphatic heterocycles. The van der Waals surface area contributed by atoms with Gasteiger partial charge in [-0.2, -0.15) is 0 Å². The molecule has 1 amide bonds. The Morgan fingerprint density at radius 1 is 1.36 bits per heavy atom. The van der Waals surface area contributed by atoms with Gasteiger partial charge in [-0.15, -0.1) is 11.3 Å². The molecule has 0 fully saturated rings. The molecule has 6 nitrogen and oxygen atoms in total. The van der Waals surface area contributed by atoms with E-state index < -0.39 is 5.97 Å². The van der Waals surface area contributed by atoms with Gasteiger partial charge in [0.05, 0.1) is 12.4 Å². The Bertz CT molecular complexity index is 879. The number of esters is 1. The summed E-state index contributed by atoms with van der Waals surface area (Å²) in [6, 6.07) is 0. The summed E-state index contributed by atoms with van der Waals surface area (Å²) >= 11 is 3.20. The molecule has 0 unspecified atom stereocenters. The second-order valence-electron chi connectivity index (χ2n) is 7.44. The van der Waals surface area contributed by atoms with Gasteiger partial charge < -0.3 is 10.1 Å². The van der Waals surface area contributed by atoms with E-state index in [0.717, 1.165) is 33.9 Å². The van der Waals surface area contributed by atoms with Gasteiger partial charge in [-0.1, -0.05) is 32.5 Å². The van der Waals surface area contributed by atoms with Crippen molar-refractivity contribution in [3.63, 3.8) is 0 Å². The summed E-state index contributed by atoms with van der Waals surface area (Å²) in [6.45, 7) is 8.40. The quantitative estimate of drug-likeness (QED) is 0.417. The minimum absolute atomic E-state index is 0.102. The summed E-state index contributed by atoms with van der Waals surface area (Å²) in [5, 5.41) is 4.62. The number of hydrogen-bond donors (Lipinski definition) is 1. The third-order valence-corrected chi connectivity index (χ3v) is 6.85. The Kier molecular flexibility index (Phi) is 6.93. The number of aryl methyl sites for hydroxylation is 1. The van der Waals surface area contributed by atoms with Crippen LogP contribution in [0.4, 0.5) is 0 Å². The molecular formula is C20H27N3O3S2. The van der Waals surface area contributed by atoms with Gasteiger partial charge in [-0.05, 0) is 37.7 Å². The number of carbonyl (C=O) groups excluding carboxylic acids is 2. The maximum Gasteiger partial charge on any atom is 0.325 e. The third kappa shape index (κ3) is 4.84. The highest BCUT2D eigenvalue weighted by Gasteiger charge is 2.24. The number of nitrogens with zero attached hydrogens (tertiary/aromatic N) is 2. The van der Waals surface area contributed by atoms with Gasteiger partial charge in [-0.25, -0.2) is 9.97 Å². The highest BCUT2D eigenvalue weighted by molar-refractivity contribution is 8.00. The average Bonchev–Trinajstić information content (AvgIpc) is 3.01. The Balaban J connectivity index is 1.81. The smallest absolute Gasteiger partial charge is 0.325 e. The number of carbonyl (C=O) groups is 2. The first-order chi connectivity index (χ1) is 13.4. The molecule has 0 spiro atoms. The maximum atomic E-state index is 12.2. The monoisotopic (exact) mass is 421 g/mol. The molecular weight excluding hydrogens is 394 g/mol. The summed E-state index contributed by atoms with van der Waals surface area (Å²) in [4.78, 5) is 35.6. The predicted octanol–water partition coefficient (Wildman–Crippen LogP) is 3.71. The molecule has 8 heteroatoms. The Labute approximate surface area is 173 Å². The van der Waals surface area contributed by atoms with Crippen LogP contribution in [0.25, 0.3) is 10.2 Å². The predicted molar refractivity (Wildman–Crippen MR) is 113 cm³/mol. The van der Waals surface area contributed by atoms with Crippen molar-refractivity contribution >= 4 is 45.2 Å². The van der Waals surface area contributed by atoms with Gasteiger partial charge >= 0.3 is 5.97 Å². The normalized spacial score (nSPS) is 16.2. The zero-order valence-corrected chi connectivity index (χ0v) is 18.5. The van der Waals surface area contributed by atoms with Crippen LogP contribution in [0.2, 0.25) is 0 Å². The number of ether oxygens (including phenoxy) is 1. The number of amides is 1. The fourth-order valence-corrected chi connectivity index (χ4v) is 5.60. The first kappa shape index (κ1) is 21.0. The van der Waals surface area contributed by atoms with Crippen LogP contribution in [-0.2, 0) is 27.2 Å². The lowest BCUT2D eigenvalue weighted by atomic mass is 9.89. The lowest BCUT2D eigenvalue weighted by molar-refractivity contribution is -0.143. The molecule has 1 aliphatic rings. The molecule has 0 bridgehead atoms.